The number of rotatable bonds is 1. The number of hydrogen-bond acceptors (Lipinski definition) is 2. The van der Waals surface area contributed by atoms with Crippen LogP contribution in [0.4, 0.5) is 0 Å². The first-order valence-electron chi connectivity index (χ1n) is 6.78. The van der Waals surface area contributed by atoms with Crippen LogP contribution in [0.25, 0.3) is 10.9 Å². The number of fused-ring (bicyclic) bond motifs is 1. The third-order valence-electron chi connectivity index (χ3n) is 3.46. The first kappa shape index (κ1) is 13.0. The second kappa shape index (κ2) is 6.45. The van der Waals surface area contributed by atoms with Gasteiger partial charge in [0.1, 0.15) is 5.75 Å². The van der Waals surface area contributed by atoms with Crippen molar-refractivity contribution in [3.05, 3.63) is 30.5 Å². The summed E-state index contributed by atoms with van der Waals surface area (Å²) in [6, 6.07) is 7.63. The average molecular weight is 246 g/mol. The van der Waals surface area contributed by atoms with Crippen molar-refractivity contribution in [3.63, 3.8) is 0 Å². The Morgan fingerprint density at radius 2 is 1.89 bits per heavy atom. The molecule has 18 heavy (non-hydrogen) atoms. The first-order chi connectivity index (χ1) is 8.81. The molecule has 1 fully saturated rings. The average Bonchev–Trinajstić information content (AvgIpc) is 2.83. The zero-order valence-corrected chi connectivity index (χ0v) is 11.0. The number of likely N-dealkylation sites (tertiary alicyclic amines) is 1. The fourth-order valence-corrected chi connectivity index (χ4v) is 2.33. The molecule has 1 aliphatic rings. The second-order valence-electron chi connectivity index (χ2n) is 4.71. The van der Waals surface area contributed by atoms with Crippen LogP contribution in [-0.2, 0) is 0 Å². The lowest BCUT2D eigenvalue weighted by molar-refractivity contribution is 0.240. The molecule has 2 aromatic rings. The van der Waals surface area contributed by atoms with Gasteiger partial charge in [-0.1, -0.05) is 25.5 Å². The van der Waals surface area contributed by atoms with Gasteiger partial charge < -0.3 is 15.0 Å². The Kier molecular flexibility index (Phi) is 4.65. The summed E-state index contributed by atoms with van der Waals surface area (Å²) < 4.78 is 0. The van der Waals surface area contributed by atoms with E-state index in [0.29, 0.717) is 5.75 Å². The molecule has 2 heterocycles. The SMILES string of the molecule is CCN1CCCCC1.Oc1c[nH]c2ccccc12. The highest BCUT2D eigenvalue weighted by Gasteiger charge is 2.05. The molecule has 1 saturated heterocycles. The van der Waals surface area contributed by atoms with E-state index >= 15 is 0 Å². The summed E-state index contributed by atoms with van der Waals surface area (Å²) in [4.78, 5) is 5.46. The minimum Gasteiger partial charge on any atom is -0.506 e. The standard InChI is InChI=1S/C8H7NO.C7H15N/c10-8-5-9-7-4-2-1-3-6(7)8;1-2-8-6-4-3-5-7-8/h1-5,9-10H;2-7H2,1H3. The lowest BCUT2D eigenvalue weighted by Crippen LogP contribution is -2.29. The van der Waals surface area contributed by atoms with Gasteiger partial charge in [0.25, 0.3) is 0 Å². The van der Waals surface area contributed by atoms with Gasteiger partial charge in [-0.25, -0.2) is 0 Å². The predicted octanol–water partition coefficient (Wildman–Crippen LogP) is 3.37. The van der Waals surface area contributed by atoms with Crippen LogP contribution in [-0.4, -0.2) is 34.6 Å². The number of aromatic amines is 1. The summed E-state index contributed by atoms with van der Waals surface area (Å²) in [6.07, 6.45) is 5.89. The van der Waals surface area contributed by atoms with E-state index in [4.69, 9.17) is 0 Å². The molecule has 2 N–H and O–H groups in total. The molecule has 0 amide bonds. The maximum absolute atomic E-state index is 9.18. The molecule has 1 aliphatic heterocycles. The Bertz CT molecular complexity index is 472. The Morgan fingerprint density at radius 1 is 1.17 bits per heavy atom. The maximum atomic E-state index is 9.18. The predicted molar refractivity (Wildman–Crippen MR) is 75.9 cm³/mol. The fraction of sp³-hybridized carbons (Fsp3) is 0.467. The fourth-order valence-electron chi connectivity index (χ4n) is 2.33. The van der Waals surface area contributed by atoms with Gasteiger partial charge in [-0.15, -0.1) is 0 Å². The molecule has 0 saturated carbocycles. The van der Waals surface area contributed by atoms with E-state index in [1.807, 2.05) is 24.3 Å². The Balaban J connectivity index is 0.000000138. The van der Waals surface area contributed by atoms with Gasteiger partial charge in [-0.2, -0.15) is 0 Å². The molecular formula is C15H22N2O. The number of nitrogens with one attached hydrogen (secondary N) is 1. The number of H-pyrrole nitrogens is 1. The molecule has 3 nitrogen and oxygen atoms in total. The van der Waals surface area contributed by atoms with Gasteiger partial charge in [0.15, 0.2) is 0 Å². The maximum Gasteiger partial charge on any atom is 0.140 e. The minimum atomic E-state index is 0.315. The van der Waals surface area contributed by atoms with E-state index in [1.165, 1.54) is 38.9 Å². The Hall–Kier alpha value is -1.48. The van der Waals surface area contributed by atoms with Crippen molar-refractivity contribution in [2.24, 2.45) is 0 Å². The molecule has 0 atom stereocenters. The number of aromatic hydroxyl groups is 1. The summed E-state index contributed by atoms with van der Waals surface area (Å²) in [6.45, 7) is 6.18. The molecule has 0 spiro atoms. The number of benzene rings is 1. The molecule has 1 aromatic heterocycles. The molecule has 0 radical (unpaired) electrons. The molecule has 0 aliphatic carbocycles. The van der Waals surface area contributed by atoms with Crippen LogP contribution < -0.4 is 0 Å². The van der Waals surface area contributed by atoms with Crippen LogP contribution in [0.3, 0.4) is 0 Å². The Labute approximate surface area is 108 Å². The van der Waals surface area contributed by atoms with Crippen LogP contribution in [0.15, 0.2) is 30.5 Å². The van der Waals surface area contributed by atoms with Crippen molar-refractivity contribution in [2.75, 3.05) is 19.6 Å². The number of nitrogens with zero attached hydrogens (tertiary/aromatic N) is 1. The number of piperidine rings is 1. The second-order valence-corrected chi connectivity index (χ2v) is 4.71. The van der Waals surface area contributed by atoms with Gasteiger partial charge >= 0.3 is 0 Å². The highest BCUT2D eigenvalue weighted by molar-refractivity contribution is 5.85. The molecule has 3 rings (SSSR count). The van der Waals surface area contributed by atoms with Crippen molar-refractivity contribution >= 4 is 10.9 Å². The summed E-state index contributed by atoms with van der Waals surface area (Å²) >= 11 is 0. The molecular weight excluding hydrogens is 224 g/mol. The summed E-state index contributed by atoms with van der Waals surface area (Å²) in [7, 11) is 0. The van der Waals surface area contributed by atoms with Gasteiger partial charge in [0.05, 0.1) is 0 Å². The third kappa shape index (κ3) is 3.26. The largest absolute Gasteiger partial charge is 0.506 e. The summed E-state index contributed by atoms with van der Waals surface area (Å²) in [5.74, 6) is 0.315. The van der Waals surface area contributed by atoms with Crippen molar-refractivity contribution in [2.45, 2.75) is 26.2 Å². The van der Waals surface area contributed by atoms with Crippen molar-refractivity contribution in [1.29, 1.82) is 0 Å². The van der Waals surface area contributed by atoms with Crippen LogP contribution >= 0.6 is 0 Å². The third-order valence-corrected chi connectivity index (χ3v) is 3.46. The van der Waals surface area contributed by atoms with Crippen LogP contribution in [0.1, 0.15) is 26.2 Å². The highest BCUT2D eigenvalue weighted by Crippen LogP contribution is 2.22. The van der Waals surface area contributed by atoms with Crippen LogP contribution in [0, 0.1) is 0 Å². The topological polar surface area (TPSA) is 39.3 Å². The molecule has 3 heteroatoms. The quantitative estimate of drug-likeness (QED) is 0.810. The van der Waals surface area contributed by atoms with Crippen molar-refractivity contribution in [3.8, 4) is 5.75 Å². The lowest BCUT2D eigenvalue weighted by atomic mass is 10.1. The normalized spacial score (nSPS) is 16.3. The zero-order chi connectivity index (χ0) is 12.8. The molecule has 0 unspecified atom stereocenters. The number of hydrogen-bond donors (Lipinski definition) is 2. The van der Waals surface area contributed by atoms with Gasteiger partial charge in [0.2, 0.25) is 0 Å². The van der Waals surface area contributed by atoms with Gasteiger partial charge in [-0.3, -0.25) is 0 Å². The molecule has 98 valence electrons. The highest BCUT2D eigenvalue weighted by atomic mass is 16.3. The number of para-hydroxylation sites is 1. The molecule has 0 bridgehead atoms. The van der Waals surface area contributed by atoms with E-state index in [-0.39, 0.29) is 0 Å². The van der Waals surface area contributed by atoms with Crippen molar-refractivity contribution < 1.29 is 5.11 Å². The van der Waals surface area contributed by atoms with Crippen LogP contribution in [0.5, 0.6) is 5.75 Å². The first-order valence-corrected chi connectivity index (χ1v) is 6.78. The lowest BCUT2D eigenvalue weighted by Gasteiger charge is -2.24. The Morgan fingerprint density at radius 3 is 2.50 bits per heavy atom. The van der Waals surface area contributed by atoms with E-state index < -0.39 is 0 Å². The van der Waals surface area contributed by atoms with E-state index in [2.05, 4.69) is 16.8 Å². The van der Waals surface area contributed by atoms with E-state index in [9.17, 15) is 5.11 Å². The van der Waals surface area contributed by atoms with Gasteiger partial charge in [-0.05, 0) is 44.6 Å². The molecule has 1 aromatic carbocycles. The van der Waals surface area contributed by atoms with E-state index in [0.717, 1.165) is 10.9 Å². The number of aromatic nitrogens is 1. The van der Waals surface area contributed by atoms with Crippen LogP contribution in [0.2, 0.25) is 0 Å². The monoisotopic (exact) mass is 246 g/mol. The zero-order valence-electron chi connectivity index (χ0n) is 11.0. The van der Waals surface area contributed by atoms with E-state index in [1.54, 1.807) is 6.20 Å². The van der Waals surface area contributed by atoms with Crippen molar-refractivity contribution in [1.82, 2.24) is 9.88 Å². The summed E-state index contributed by atoms with van der Waals surface area (Å²) in [5.41, 5.74) is 0.972. The summed E-state index contributed by atoms with van der Waals surface area (Å²) in [5, 5.41) is 10.1. The smallest absolute Gasteiger partial charge is 0.140 e. The minimum absolute atomic E-state index is 0.315. The van der Waals surface area contributed by atoms with Gasteiger partial charge in [0, 0.05) is 17.1 Å².